The minimum atomic E-state index is -0.245. The predicted octanol–water partition coefficient (Wildman–Crippen LogP) is 3.17. The van der Waals surface area contributed by atoms with Gasteiger partial charge < -0.3 is 5.32 Å². The number of carbonyl (C=O) groups is 1. The van der Waals surface area contributed by atoms with E-state index in [1.54, 1.807) is 23.9 Å². The van der Waals surface area contributed by atoms with E-state index in [1.165, 1.54) is 17.0 Å². The van der Waals surface area contributed by atoms with Crippen LogP contribution in [0.3, 0.4) is 0 Å². The molecule has 0 atom stereocenters. The van der Waals surface area contributed by atoms with E-state index >= 15 is 0 Å². The van der Waals surface area contributed by atoms with Gasteiger partial charge in [-0.2, -0.15) is 0 Å². The topological polar surface area (TPSA) is 32.3 Å². The summed E-state index contributed by atoms with van der Waals surface area (Å²) in [6.07, 6.45) is 0. The second kappa shape index (κ2) is 9.33. The van der Waals surface area contributed by atoms with Gasteiger partial charge in [0.05, 0.1) is 6.54 Å². The Morgan fingerprint density at radius 2 is 1.83 bits per heavy atom. The Morgan fingerprint density at radius 3 is 2.52 bits per heavy atom. The number of nitrogens with zero attached hydrogens (tertiary/aromatic N) is 1. The Morgan fingerprint density at radius 1 is 1.13 bits per heavy atom. The number of rotatable bonds is 8. The minimum absolute atomic E-state index is 0.00303. The predicted molar refractivity (Wildman–Crippen MR) is 92.9 cm³/mol. The van der Waals surface area contributed by atoms with Crippen LogP contribution in [0.15, 0.2) is 59.5 Å². The molecule has 23 heavy (non-hydrogen) atoms. The zero-order valence-corrected chi connectivity index (χ0v) is 14.0. The third kappa shape index (κ3) is 6.84. The first-order chi connectivity index (χ1) is 11.1. The molecule has 0 fully saturated rings. The molecule has 0 aliphatic heterocycles. The molecule has 122 valence electrons. The zero-order chi connectivity index (χ0) is 16.5. The molecular weight excluding hydrogens is 311 g/mol. The largest absolute Gasteiger partial charge is 0.354 e. The second-order valence-corrected chi connectivity index (χ2v) is 6.48. The number of hydrogen-bond donors (Lipinski definition) is 1. The van der Waals surface area contributed by atoms with E-state index in [2.05, 4.69) is 17.4 Å². The van der Waals surface area contributed by atoms with E-state index in [9.17, 15) is 9.18 Å². The molecule has 0 aliphatic carbocycles. The maximum Gasteiger partial charge on any atom is 0.234 e. The lowest BCUT2D eigenvalue weighted by molar-refractivity contribution is -0.121. The normalized spacial score (nSPS) is 10.7. The average molecular weight is 332 g/mol. The van der Waals surface area contributed by atoms with Gasteiger partial charge in [0.2, 0.25) is 5.91 Å². The maximum absolute atomic E-state index is 12.9. The Kier molecular flexibility index (Phi) is 7.10. The van der Waals surface area contributed by atoms with E-state index in [4.69, 9.17) is 0 Å². The summed E-state index contributed by atoms with van der Waals surface area (Å²) in [7, 11) is 1.88. The highest BCUT2D eigenvalue weighted by Crippen LogP contribution is 2.15. The van der Waals surface area contributed by atoms with E-state index in [0.29, 0.717) is 19.6 Å². The van der Waals surface area contributed by atoms with Gasteiger partial charge in [-0.25, -0.2) is 4.39 Å². The van der Waals surface area contributed by atoms with Crippen LogP contribution in [0.1, 0.15) is 5.56 Å². The van der Waals surface area contributed by atoms with Crippen molar-refractivity contribution >= 4 is 17.7 Å². The summed E-state index contributed by atoms with van der Waals surface area (Å²) in [4.78, 5) is 15.0. The van der Waals surface area contributed by atoms with Crippen molar-refractivity contribution in [3.63, 3.8) is 0 Å². The van der Waals surface area contributed by atoms with Gasteiger partial charge in [-0.1, -0.05) is 30.3 Å². The Hall–Kier alpha value is -1.85. The molecule has 0 heterocycles. The summed E-state index contributed by atoms with van der Waals surface area (Å²) >= 11 is 1.72. The van der Waals surface area contributed by atoms with Crippen molar-refractivity contribution in [2.75, 3.05) is 25.9 Å². The summed E-state index contributed by atoms with van der Waals surface area (Å²) in [5.41, 5.74) is 0.987. The molecule has 2 aromatic rings. The molecule has 0 saturated heterocycles. The molecule has 0 radical (unpaired) electrons. The molecule has 2 rings (SSSR count). The van der Waals surface area contributed by atoms with Crippen molar-refractivity contribution in [3.8, 4) is 0 Å². The van der Waals surface area contributed by atoms with Crippen LogP contribution in [0.25, 0.3) is 0 Å². The van der Waals surface area contributed by atoms with Gasteiger partial charge in [-0.05, 0) is 36.9 Å². The van der Waals surface area contributed by atoms with Crippen LogP contribution >= 0.6 is 11.8 Å². The van der Waals surface area contributed by atoms with Crippen LogP contribution in [0.2, 0.25) is 0 Å². The number of halogens is 1. The third-order valence-corrected chi connectivity index (χ3v) is 4.23. The maximum atomic E-state index is 12.9. The van der Waals surface area contributed by atoms with Crippen LogP contribution in [-0.4, -0.2) is 36.7 Å². The van der Waals surface area contributed by atoms with Crippen molar-refractivity contribution in [3.05, 3.63) is 66.0 Å². The van der Waals surface area contributed by atoms with Crippen molar-refractivity contribution in [2.45, 2.75) is 11.4 Å². The first kappa shape index (κ1) is 17.5. The Balaban J connectivity index is 1.63. The highest BCUT2D eigenvalue weighted by Gasteiger charge is 2.07. The molecule has 0 saturated carbocycles. The van der Waals surface area contributed by atoms with Gasteiger partial charge in [0.15, 0.2) is 0 Å². The molecule has 0 unspecified atom stereocenters. The molecule has 2 aromatic carbocycles. The lowest BCUT2D eigenvalue weighted by Crippen LogP contribution is -2.35. The number of amides is 1. The van der Waals surface area contributed by atoms with E-state index in [-0.39, 0.29) is 11.7 Å². The first-order valence-electron chi connectivity index (χ1n) is 7.51. The quantitative estimate of drug-likeness (QED) is 0.595. The second-order valence-electron chi connectivity index (χ2n) is 5.31. The monoisotopic (exact) mass is 332 g/mol. The number of hydrogen-bond acceptors (Lipinski definition) is 3. The number of nitrogens with one attached hydrogen (secondary N) is 1. The number of likely N-dealkylation sites (N-methyl/N-ethyl adjacent to an activating group) is 1. The highest BCUT2D eigenvalue weighted by molar-refractivity contribution is 7.99. The molecule has 0 bridgehead atoms. The van der Waals surface area contributed by atoms with Gasteiger partial charge in [-0.3, -0.25) is 9.69 Å². The van der Waals surface area contributed by atoms with Crippen LogP contribution < -0.4 is 5.32 Å². The molecular formula is C18H21FN2OS. The SMILES string of the molecule is CN(CC(=O)NCCSc1ccccc1)Cc1ccc(F)cc1. The molecule has 0 spiro atoms. The van der Waals surface area contributed by atoms with Crippen LogP contribution in [-0.2, 0) is 11.3 Å². The van der Waals surface area contributed by atoms with Gasteiger partial charge in [0.25, 0.3) is 0 Å². The zero-order valence-electron chi connectivity index (χ0n) is 13.2. The first-order valence-corrected chi connectivity index (χ1v) is 8.49. The fourth-order valence-electron chi connectivity index (χ4n) is 2.13. The van der Waals surface area contributed by atoms with Crippen molar-refractivity contribution in [1.82, 2.24) is 10.2 Å². The summed E-state index contributed by atoms with van der Waals surface area (Å²) in [6.45, 7) is 1.59. The van der Waals surface area contributed by atoms with Crippen molar-refractivity contribution in [2.24, 2.45) is 0 Å². The smallest absolute Gasteiger partial charge is 0.234 e. The molecule has 0 aliphatic rings. The van der Waals surface area contributed by atoms with E-state index < -0.39 is 0 Å². The summed E-state index contributed by atoms with van der Waals surface area (Å²) in [5, 5.41) is 2.92. The third-order valence-electron chi connectivity index (χ3n) is 3.22. The molecule has 5 heteroatoms. The summed E-state index contributed by atoms with van der Waals surface area (Å²) < 4.78 is 12.9. The molecule has 1 N–H and O–H groups in total. The lowest BCUT2D eigenvalue weighted by atomic mass is 10.2. The van der Waals surface area contributed by atoms with Crippen molar-refractivity contribution in [1.29, 1.82) is 0 Å². The lowest BCUT2D eigenvalue weighted by Gasteiger charge is -2.16. The van der Waals surface area contributed by atoms with Gasteiger partial charge >= 0.3 is 0 Å². The van der Waals surface area contributed by atoms with Crippen LogP contribution in [0, 0.1) is 5.82 Å². The number of thioether (sulfide) groups is 1. The number of carbonyl (C=O) groups excluding carboxylic acids is 1. The Bertz CT molecular complexity index is 604. The average Bonchev–Trinajstić information content (AvgIpc) is 2.55. The molecule has 3 nitrogen and oxygen atoms in total. The highest BCUT2D eigenvalue weighted by atomic mass is 32.2. The number of benzene rings is 2. The summed E-state index contributed by atoms with van der Waals surface area (Å²) in [5.74, 6) is 0.602. The van der Waals surface area contributed by atoms with Crippen LogP contribution in [0.4, 0.5) is 4.39 Å². The minimum Gasteiger partial charge on any atom is -0.354 e. The van der Waals surface area contributed by atoms with Crippen molar-refractivity contribution < 1.29 is 9.18 Å². The van der Waals surface area contributed by atoms with Gasteiger partial charge in [0, 0.05) is 23.7 Å². The van der Waals surface area contributed by atoms with E-state index in [1.807, 2.05) is 30.1 Å². The standard InChI is InChI=1S/C18H21FN2OS/c1-21(13-15-7-9-16(19)10-8-15)14-18(22)20-11-12-23-17-5-3-2-4-6-17/h2-10H,11-14H2,1H3,(H,20,22). The molecule has 1 amide bonds. The fourth-order valence-corrected chi connectivity index (χ4v) is 2.92. The summed E-state index contributed by atoms with van der Waals surface area (Å²) in [6, 6.07) is 16.5. The fraction of sp³-hybridized carbons (Fsp3) is 0.278. The van der Waals surface area contributed by atoms with Gasteiger partial charge in [-0.15, -0.1) is 11.8 Å². The van der Waals surface area contributed by atoms with E-state index in [0.717, 1.165) is 11.3 Å². The van der Waals surface area contributed by atoms with Crippen LogP contribution in [0.5, 0.6) is 0 Å². The molecule has 0 aromatic heterocycles. The van der Waals surface area contributed by atoms with Gasteiger partial charge in [0.1, 0.15) is 5.82 Å². The Labute approximate surface area is 140 Å².